The highest BCUT2D eigenvalue weighted by Gasteiger charge is 2.24. The Morgan fingerprint density at radius 2 is 2.29 bits per heavy atom. The van der Waals surface area contributed by atoms with Gasteiger partial charge in [-0.05, 0) is 22.0 Å². The first kappa shape index (κ1) is 9.22. The Kier molecular flexibility index (Phi) is 2.26. The fourth-order valence-corrected chi connectivity index (χ4v) is 1.91. The van der Waals surface area contributed by atoms with Crippen LogP contribution in [0.5, 0.6) is 0 Å². The summed E-state index contributed by atoms with van der Waals surface area (Å²) in [6.45, 7) is 0.738. The third-order valence-corrected chi connectivity index (χ3v) is 2.72. The number of fused-ring (bicyclic) bond motifs is 1. The summed E-state index contributed by atoms with van der Waals surface area (Å²) in [5, 5.41) is 18.5. The van der Waals surface area contributed by atoms with Gasteiger partial charge in [0.15, 0.2) is 12.7 Å². The Hall–Kier alpha value is -1.34. The molecule has 4 heteroatoms. The van der Waals surface area contributed by atoms with Crippen LogP contribution in [0.2, 0.25) is 0 Å². The third kappa shape index (κ3) is 1.40. The number of hydrogen-bond donors (Lipinski definition) is 1. The predicted octanol–water partition coefficient (Wildman–Crippen LogP) is 1.93. The molecule has 1 aromatic heterocycles. The molecule has 0 radical (unpaired) electrons. The van der Waals surface area contributed by atoms with Crippen LogP contribution in [0.25, 0.3) is 5.76 Å². The summed E-state index contributed by atoms with van der Waals surface area (Å²) in [7, 11) is 0. The first-order chi connectivity index (χ1) is 6.72. The van der Waals surface area contributed by atoms with E-state index in [0.717, 1.165) is 11.0 Å². The Balaban J connectivity index is 2.59. The van der Waals surface area contributed by atoms with Crippen molar-refractivity contribution in [1.82, 2.24) is 0 Å². The second kappa shape index (κ2) is 3.43. The number of aromatic nitrogens is 1. The summed E-state index contributed by atoms with van der Waals surface area (Å²) in [6, 6.07) is 5.66. The lowest BCUT2D eigenvalue weighted by atomic mass is 10.1. The summed E-state index contributed by atoms with van der Waals surface area (Å²) in [6.07, 6.45) is 2.50. The Bertz CT molecular complexity index is 460. The summed E-state index contributed by atoms with van der Waals surface area (Å²) in [4.78, 5) is 0. The zero-order valence-corrected chi connectivity index (χ0v) is 8.95. The van der Waals surface area contributed by atoms with Crippen LogP contribution in [-0.4, -0.2) is 5.11 Å². The van der Waals surface area contributed by atoms with Crippen molar-refractivity contribution < 1.29 is 9.67 Å². The molecule has 0 aromatic carbocycles. The van der Waals surface area contributed by atoms with E-state index in [9.17, 15) is 5.11 Å². The molecular weight excluding hydrogens is 244 g/mol. The van der Waals surface area contributed by atoms with E-state index in [4.69, 9.17) is 5.26 Å². The second-order valence-corrected chi connectivity index (χ2v) is 4.03. The molecular formula is C10H8BrN2O+. The Morgan fingerprint density at radius 3 is 3.00 bits per heavy atom. The van der Waals surface area contributed by atoms with E-state index in [2.05, 4.69) is 15.9 Å². The molecule has 0 spiro atoms. The second-order valence-electron chi connectivity index (χ2n) is 3.11. The molecule has 70 valence electrons. The molecule has 1 aliphatic rings. The molecule has 14 heavy (non-hydrogen) atoms. The van der Waals surface area contributed by atoms with Crippen LogP contribution in [0.15, 0.2) is 28.4 Å². The van der Waals surface area contributed by atoms with Gasteiger partial charge < -0.3 is 5.11 Å². The molecule has 1 N–H and O–H groups in total. The number of aliphatic hydroxyl groups is 1. The zero-order valence-electron chi connectivity index (χ0n) is 7.37. The monoisotopic (exact) mass is 251 g/mol. The van der Waals surface area contributed by atoms with Crippen molar-refractivity contribution in [3.63, 3.8) is 0 Å². The summed E-state index contributed by atoms with van der Waals surface area (Å²) < 4.78 is 2.90. The molecule has 0 atom stereocenters. The molecule has 0 saturated heterocycles. The van der Waals surface area contributed by atoms with Gasteiger partial charge in [-0.2, -0.15) is 9.83 Å². The van der Waals surface area contributed by atoms with Gasteiger partial charge in [-0.3, -0.25) is 0 Å². The van der Waals surface area contributed by atoms with E-state index in [1.807, 2.05) is 22.9 Å². The van der Waals surface area contributed by atoms with Gasteiger partial charge >= 0.3 is 0 Å². The Morgan fingerprint density at radius 1 is 1.50 bits per heavy atom. The van der Waals surface area contributed by atoms with Gasteiger partial charge in [-0.1, -0.05) is 0 Å². The number of rotatable bonds is 0. The molecule has 3 nitrogen and oxygen atoms in total. The number of aryl methyl sites for hydroxylation is 1. The zero-order chi connectivity index (χ0) is 10.1. The van der Waals surface area contributed by atoms with Gasteiger partial charge in [0.05, 0.1) is 16.1 Å². The quantitative estimate of drug-likeness (QED) is 0.717. The minimum Gasteiger partial charge on any atom is -0.502 e. The maximum Gasteiger partial charge on any atom is 0.248 e. The van der Waals surface area contributed by atoms with Gasteiger partial charge in [0, 0.05) is 12.5 Å². The smallest absolute Gasteiger partial charge is 0.248 e. The van der Waals surface area contributed by atoms with Crippen LogP contribution >= 0.6 is 15.9 Å². The maximum absolute atomic E-state index is 9.73. The largest absolute Gasteiger partial charge is 0.502 e. The molecule has 0 unspecified atom stereocenters. The SMILES string of the molecule is N#CC1=C(O)c2ccc(Br)c[n+]2CC1. The number of halogens is 1. The lowest BCUT2D eigenvalue weighted by Crippen LogP contribution is -2.40. The van der Waals surface area contributed by atoms with Crippen LogP contribution in [0.3, 0.4) is 0 Å². The van der Waals surface area contributed by atoms with Crippen molar-refractivity contribution in [3.8, 4) is 6.07 Å². The highest BCUT2D eigenvalue weighted by molar-refractivity contribution is 9.10. The van der Waals surface area contributed by atoms with Crippen molar-refractivity contribution >= 4 is 21.7 Å². The number of nitriles is 1. The molecule has 0 aliphatic carbocycles. The molecule has 0 saturated carbocycles. The minimum absolute atomic E-state index is 0.103. The summed E-state index contributed by atoms with van der Waals surface area (Å²) in [5.41, 5.74) is 1.17. The maximum atomic E-state index is 9.73. The normalized spacial score (nSPS) is 14.9. The first-order valence-electron chi connectivity index (χ1n) is 4.24. The number of nitrogens with zero attached hydrogens (tertiary/aromatic N) is 2. The summed E-state index contributed by atoms with van der Waals surface area (Å²) >= 11 is 3.36. The molecule has 1 aromatic rings. The van der Waals surface area contributed by atoms with Crippen molar-refractivity contribution in [3.05, 3.63) is 34.1 Å². The van der Waals surface area contributed by atoms with Gasteiger partial charge in [0.25, 0.3) is 0 Å². The standard InChI is InChI=1S/C10H7BrN2O/c11-8-1-2-9-10(14)7(5-12)3-4-13(9)6-8/h1-2,6H,3-4H2/p+1. The van der Waals surface area contributed by atoms with E-state index < -0.39 is 0 Å². The van der Waals surface area contributed by atoms with Gasteiger partial charge in [0.1, 0.15) is 0 Å². The minimum atomic E-state index is 0.103. The lowest BCUT2D eigenvalue weighted by Gasteiger charge is -2.10. The Labute approximate surface area is 90.0 Å². The lowest BCUT2D eigenvalue weighted by molar-refractivity contribution is -0.701. The van der Waals surface area contributed by atoms with Gasteiger partial charge in [0.2, 0.25) is 11.5 Å². The van der Waals surface area contributed by atoms with Gasteiger partial charge in [-0.15, -0.1) is 0 Å². The van der Waals surface area contributed by atoms with Crippen molar-refractivity contribution in [2.75, 3.05) is 0 Å². The predicted molar refractivity (Wildman–Crippen MR) is 54.1 cm³/mol. The van der Waals surface area contributed by atoms with Crippen LogP contribution in [0.4, 0.5) is 0 Å². The van der Waals surface area contributed by atoms with Crippen molar-refractivity contribution in [2.45, 2.75) is 13.0 Å². The number of aliphatic hydroxyl groups excluding tert-OH is 1. The average molecular weight is 252 g/mol. The van der Waals surface area contributed by atoms with Crippen LogP contribution < -0.4 is 4.57 Å². The van der Waals surface area contributed by atoms with E-state index in [0.29, 0.717) is 17.7 Å². The molecule has 1 aliphatic heterocycles. The van der Waals surface area contributed by atoms with E-state index in [1.165, 1.54) is 0 Å². The third-order valence-electron chi connectivity index (χ3n) is 2.26. The van der Waals surface area contributed by atoms with E-state index in [1.54, 1.807) is 6.07 Å². The van der Waals surface area contributed by atoms with Gasteiger partial charge in [-0.25, -0.2) is 0 Å². The molecule has 0 amide bonds. The number of pyridine rings is 1. The van der Waals surface area contributed by atoms with Crippen LogP contribution in [0, 0.1) is 11.3 Å². The van der Waals surface area contributed by atoms with Crippen molar-refractivity contribution in [2.24, 2.45) is 0 Å². The highest BCUT2D eigenvalue weighted by atomic mass is 79.9. The molecule has 2 heterocycles. The van der Waals surface area contributed by atoms with E-state index >= 15 is 0 Å². The topological polar surface area (TPSA) is 47.9 Å². The van der Waals surface area contributed by atoms with Crippen LogP contribution in [-0.2, 0) is 6.54 Å². The fourth-order valence-electron chi connectivity index (χ4n) is 1.53. The van der Waals surface area contributed by atoms with Crippen molar-refractivity contribution in [1.29, 1.82) is 5.26 Å². The summed E-state index contributed by atoms with van der Waals surface area (Å²) in [5.74, 6) is 0.103. The number of allylic oxidation sites excluding steroid dienone is 1. The molecule has 2 rings (SSSR count). The average Bonchev–Trinajstić information content (AvgIpc) is 2.18. The molecule has 0 bridgehead atoms. The number of hydrogen-bond acceptors (Lipinski definition) is 2. The van der Waals surface area contributed by atoms with E-state index in [-0.39, 0.29) is 5.76 Å². The highest BCUT2D eigenvalue weighted by Crippen LogP contribution is 2.20. The fraction of sp³-hybridized carbons (Fsp3) is 0.200. The molecule has 0 fully saturated rings. The van der Waals surface area contributed by atoms with Crippen LogP contribution in [0.1, 0.15) is 12.1 Å². The first-order valence-corrected chi connectivity index (χ1v) is 5.03.